The first-order valence-electron chi connectivity index (χ1n) is 5.99. The van der Waals surface area contributed by atoms with Gasteiger partial charge in [-0.1, -0.05) is 12.7 Å². The molecule has 1 fully saturated rings. The number of aliphatic carboxylic acids is 1. The van der Waals surface area contributed by atoms with Crippen LogP contribution < -0.4 is 5.32 Å². The molecule has 18 heavy (non-hydrogen) atoms. The second-order valence-corrected chi connectivity index (χ2v) is 4.21. The second-order valence-electron chi connectivity index (χ2n) is 4.21. The van der Waals surface area contributed by atoms with E-state index in [2.05, 4.69) is 11.9 Å². The molecule has 0 unspecified atom stereocenters. The standard InChI is InChI=1S/C12H19NO5/c1-2-7-17-12(16)13-9-3-5-10(6-4-9)18-8-11(14)15/h2,9-10H,1,3-8H2,(H,13,16)(H,14,15). The van der Waals surface area contributed by atoms with Crippen LogP contribution in [0.4, 0.5) is 4.79 Å². The number of carbonyl (C=O) groups excluding carboxylic acids is 1. The lowest BCUT2D eigenvalue weighted by atomic mass is 9.93. The SMILES string of the molecule is C=CCOC(=O)NC1CCC(OCC(=O)O)CC1. The van der Waals surface area contributed by atoms with Gasteiger partial charge in [0.05, 0.1) is 6.10 Å². The summed E-state index contributed by atoms with van der Waals surface area (Å²) in [5.74, 6) is -0.955. The van der Waals surface area contributed by atoms with Gasteiger partial charge in [-0.3, -0.25) is 0 Å². The number of alkyl carbamates (subject to hydrolysis) is 1. The third-order valence-electron chi connectivity index (χ3n) is 2.77. The van der Waals surface area contributed by atoms with Crippen molar-refractivity contribution in [3.63, 3.8) is 0 Å². The number of rotatable bonds is 6. The van der Waals surface area contributed by atoms with Gasteiger partial charge in [0, 0.05) is 6.04 Å². The fraction of sp³-hybridized carbons (Fsp3) is 0.667. The number of carbonyl (C=O) groups is 2. The molecule has 0 bridgehead atoms. The average Bonchev–Trinajstić information content (AvgIpc) is 2.35. The molecule has 6 heteroatoms. The summed E-state index contributed by atoms with van der Waals surface area (Å²) in [7, 11) is 0. The Balaban J connectivity index is 2.16. The monoisotopic (exact) mass is 257 g/mol. The lowest BCUT2D eigenvalue weighted by molar-refractivity contribution is -0.145. The average molecular weight is 257 g/mol. The van der Waals surface area contributed by atoms with Crippen LogP contribution in [0.15, 0.2) is 12.7 Å². The van der Waals surface area contributed by atoms with Crippen LogP contribution >= 0.6 is 0 Å². The van der Waals surface area contributed by atoms with E-state index in [9.17, 15) is 9.59 Å². The van der Waals surface area contributed by atoms with Crippen LogP contribution in [0.2, 0.25) is 0 Å². The highest BCUT2D eigenvalue weighted by molar-refractivity contribution is 5.68. The van der Waals surface area contributed by atoms with E-state index in [1.165, 1.54) is 6.08 Å². The quantitative estimate of drug-likeness (QED) is 0.701. The minimum absolute atomic E-state index is 0.0247. The highest BCUT2D eigenvalue weighted by Crippen LogP contribution is 2.21. The normalized spacial score (nSPS) is 23.1. The van der Waals surface area contributed by atoms with Gasteiger partial charge in [0.1, 0.15) is 13.2 Å². The maximum Gasteiger partial charge on any atom is 0.407 e. The molecule has 1 amide bonds. The molecule has 0 radical (unpaired) electrons. The largest absolute Gasteiger partial charge is 0.480 e. The predicted octanol–water partition coefficient (Wildman–Crippen LogP) is 1.31. The van der Waals surface area contributed by atoms with Crippen molar-refractivity contribution >= 4 is 12.1 Å². The van der Waals surface area contributed by atoms with Crippen molar-refractivity contribution in [3.05, 3.63) is 12.7 Å². The zero-order valence-corrected chi connectivity index (χ0v) is 10.3. The van der Waals surface area contributed by atoms with Crippen LogP contribution in [0, 0.1) is 0 Å². The summed E-state index contributed by atoms with van der Waals surface area (Å²) in [4.78, 5) is 21.6. The van der Waals surface area contributed by atoms with Crippen molar-refractivity contribution < 1.29 is 24.2 Å². The maximum atomic E-state index is 11.3. The molecular weight excluding hydrogens is 238 g/mol. The van der Waals surface area contributed by atoms with E-state index in [-0.39, 0.29) is 25.4 Å². The molecule has 1 rings (SSSR count). The highest BCUT2D eigenvalue weighted by atomic mass is 16.5. The summed E-state index contributed by atoms with van der Waals surface area (Å²) in [5.41, 5.74) is 0. The van der Waals surface area contributed by atoms with Gasteiger partial charge in [-0.05, 0) is 25.7 Å². The molecular formula is C12H19NO5. The van der Waals surface area contributed by atoms with Gasteiger partial charge in [-0.15, -0.1) is 0 Å². The van der Waals surface area contributed by atoms with Gasteiger partial charge in [0.2, 0.25) is 0 Å². The summed E-state index contributed by atoms with van der Waals surface area (Å²) in [6.45, 7) is 3.39. The molecule has 1 saturated carbocycles. The van der Waals surface area contributed by atoms with Crippen LogP contribution in [0.1, 0.15) is 25.7 Å². The van der Waals surface area contributed by atoms with E-state index < -0.39 is 12.1 Å². The number of hydrogen-bond donors (Lipinski definition) is 2. The molecule has 102 valence electrons. The molecule has 1 aliphatic rings. The van der Waals surface area contributed by atoms with Crippen molar-refractivity contribution in [3.8, 4) is 0 Å². The Morgan fingerprint density at radius 1 is 1.33 bits per heavy atom. The second kappa shape index (κ2) is 7.71. The van der Waals surface area contributed by atoms with Gasteiger partial charge in [-0.25, -0.2) is 9.59 Å². The van der Waals surface area contributed by atoms with Gasteiger partial charge in [-0.2, -0.15) is 0 Å². The lowest BCUT2D eigenvalue weighted by Gasteiger charge is -2.28. The Hall–Kier alpha value is -1.56. The molecule has 2 N–H and O–H groups in total. The van der Waals surface area contributed by atoms with E-state index in [1.807, 2.05) is 0 Å². The minimum atomic E-state index is -0.955. The molecule has 0 aliphatic heterocycles. The zero-order chi connectivity index (χ0) is 13.4. The number of nitrogens with one attached hydrogen (secondary N) is 1. The Kier molecular flexibility index (Phi) is 6.21. The molecule has 6 nitrogen and oxygen atoms in total. The number of ether oxygens (including phenoxy) is 2. The summed E-state index contributed by atoms with van der Waals surface area (Å²) < 4.78 is 10.0. The van der Waals surface area contributed by atoms with Crippen LogP contribution in [0.25, 0.3) is 0 Å². The molecule has 0 aromatic heterocycles. The van der Waals surface area contributed by atoms with Crippen LogP contribution in [-0.4, -0.2) is 42.5 Å². The molecule has 0 aromatic rings. The number of carboxylic acids is 1. The fourth-order valence-electron chi connectivity index (χ4n) is 1.91. The molecule has 0 spiro atoms. The number of carboxylic acid groups (broad SMARTS) is 1. The third-order valence-corrected chi connectivity index (χ3v) is 2.77. The molecule has 1 aliphatic carbocycles. The fourth-order valence-corrected chi connectivity index (χ4v) is 1.91. The smallest absolute Gasteiger partial charge is 0.407 e. The topological polar surface area (TPSA) is 84.9 Å². The first-order chi connectivity index (χ1) is 8.61. The van der Waals surface area contributed by atoms with Crippen LogP contribution in [0.3, 0.4) is 0 Å². The van der Waals surface area contributed by atoms with Gasteiger partial charge >= 0.3 is 12.1 Å². The van der Waals surface area contributed by atoms with E-state index in [0.29, 0.717) is 0 Å². The van der Waals surface area contributed by atoms with Crippen LogP contribution in [0.5, 0.6) is 0 Å². The first-order valence-corrected chi connectivity index (χ1v) is 5.99. The Morgan fingerprint density at radius 3 is 2.56 bits per heavy atom. The highest BCUT2D eigenvalue weighted by Gasteiger charge is 2.23. The van der Waals surface area contributed by atoms with Gasteiger partial charge < -0.3 is 19.9 Å². The van der Waals surface area contributed by atoms with Crippen molar-refractivity contribution in [2.75, 3.05) is 13.2 Å². The molecule has 0 heterocycles. The third kappa shape index (κ3) is 5.67. The minimum Gasteiger partial charge on any atom is -0.480 e. The Morgan fingerprint density at radius 2 is 2.00 bits per heavy atom. The first kappa shape index (κ1) is 14.5. The lowest BCUT2D eigenvalue weighted by Crippen LogP contribution is -2.39. The predicted molar refractivity (Wildman–Crippen MR) is 64.3 cm³/mol. The number of amides is 1. The van der Waals surface area contributed by atoms with Crippen molar-refractivity contribution in [1.29, 1.82) is 0 Å². The molecule has 0 atom stereocenters. The van der Waals surface area contributed by atoms with E-state index >= 15 is 0 Å². The summed E-state index contributed by atoms with van der Waals surface area (Å²) >= 11 is 0. The van der Waals surface area contributed by atoms with E-state index in [1.54, 1.807) is 0 Å². The zero-order valence-electron chi connectivity index (χ0n) is 10.3. The Labute approximate surface area is 106 Å². The van der Waals surface area contributed by atoms with Crippen molar-refractivity contribution in [2.45, 2.75) is 37.8 Å². The Bertz CT molecular complexity index is 297. The maximum absolute atomic E-state index is 11.3. The van der Waals surface area contributed by atoms with Crippen molar-refractivity contribution in [2.24, 2.45) is 0 Å². The van der Waals surface area contributed by atoms with E-state index in [4.69, 9.17) is 14.6 Å². The summed E-state index contributed by atoms with van der Waals surface area (Å²) in [6, 6.07) is 0.0759. The van der Waals surface area contributed by atoms with Gasteiger partial charge in [0.25, 0.3) is 0 Å². The number of hydrogen-bond acceptors (Lipinski definition) is 4. The molecule has 0 saturated heterocycles. The van der Waals surface area contributed by atoms with Crippen LogP contribution in [-0.2, 0) is 14.3 Å². The van der Waals surface area contributed by atoms with E-state index in [0.717, 1.165) is 25.7 Å². The summed E-state index contributed by atoms with van der Waals surface area (Å²) in [6.07, 6.45) is 4.09. The van der Waals surface area contributed by atoms with Crippen molar-refractivity contribution in [1.82, 2.24) is 5.32 Å². The molecule has 0 aromatic carbocycles. The summed E-state index contributed by atoms with van der Waals surface area (Å²) in [5, 5.41) is 11.2. The van der Waals surface area contributed by atoms with Gasteiger partial charge in [0.15, 0.2) is 0 Å².